The number of likely N-dealkylation sites (N-methyl/N-ethyl adjacent to an activating group) is 1. The number of hydrogen-bond acceptors (Lipinski definition) is 4. The van der Waals surface area contributed by atoms with Gasteiger partial charge in [0, 0.05) is 31.9 Å². The Morgan fingerprint density at radius 3 is 2.52 bits per heavy atom. The monoisotopic (exact) mass is 311 g/mol. The van der Waals surface area contributed by atoms with Crippen LogP contribution in [0, 0.1) is 0 Å². The Labute approximate surface area is 130 Å². The standard InChI is InChI=1S/C15H22ClN3O2/c1-3-18-6-8-19(9-7-18)11-15(20)17-12-4-5-14(21-2)13(16)10-12/h4-5,10H,3,6-9,11H2,1-2H3,(H,17,20). The lowest BCUT2D eigenvalue weighted by Crippen LogP contribution is -2.48. The third-order valence-electron chi connectivity index (χ3n) is 3.71. The molecule has 0 radical (unpaired) electrons. The van der Waals surface area contributed by atoms with Crippen molar-refractivity contribution in [2.24, 2.45) is 0 Å². The van der Waals surface area contributed by atoms with Crippen LogP contribution in [-0.2, 0) is 4.79 Å². The number of methoxy groups -OCH3 is 1. The van der Waals surface area contributed by atoms with E-state index in [1.54, 1.807) is 25.3 Å². The molecule has 0 aliphatic carbocycles. The van der Waals surface area contributed by atoms with Gasteiger partial charge < -0.3 is 15.0 Å². The average Bonchev–Trinajstić information content (AvgIpc) is 2.48. The maximum atomic E-state index is 12.1. The topological polar surface area (TPSA) is 44.8 Å². The molecule has 0 spiro atoms. The van der Waals surface area contributed by atoms with E-state index in [1.807, 2.05) is 0 Å². The third kappa shape index (κ3) is 4.59. The number of amides is 1. The summed E-state index contributed by atoms with van der Waals surface area (Å²) in [7, 11) is 1.56. The number of hydrogen-bond donors (Lipinski definition) is 1. The van der Waals surface area contributed by atoms with Crippen molar-refractivity contribution in [3.05, 3.63) is 23.2 Å². The first kappa shape index (κ1) is 16.1. The van der Waals surface area contributed by atoms with E-state index in [4.69, 9.17) is 16.3 Å². The van der Waals surface area contributed by atoms with Crippen molar-refractivity contribution in [1.29, 1.82) is 0 Å². The summed E-state index contributed by atoms with van der Waals surface area (Å²) in [6, 6.07) is 5.24. The van der Waals surface area contributed by atoms with Crippen LogP contribution in [0.1, 0.15) is 6.92 Å². The Kier molecular flexibility index (Phi) is 5.85. The molecule has 1 aromatic carbocycles. The molecule has 21 heavy (non-hydrogen) atoms. The lowest BCUT2D eigenvalue weighted by Gasteiger charge is -2.33. The lowest BCUT2D eigenvalue weighted by molar-refractivity contribution is -0.117. The number of anilines is 1. The van der Waals surface area contributed by atoms with Gasteiger partial charge in [-0.15, -0.1) is 0 Å². The number of halogens is 1. The minimum atomic E-state index is -0.0128. The van der Waals surface area contributed by atoms with Crippen LogP contribution >= 0.6 is 11.6 Å². The number of piperazine rings is 1. The summed E-state index contributed by atoms with van der Waals surface area (Å²) in [4.78, 5) is 16.6. The molecule has 1 amide bonds. The zero-order valence-electron chi connectivity index (χ0n) is 12.6. The summed E-state index contributed by atoms with van der Waals surface area (Å²) >= 11 is 6.04. The van der Waals surface area contributed by atoms with Gasteiger partial charge in [-0.25, -0.2) is 0 Å². The highest BCUT2D eigenvalue weighted by Crippen LogP contribution is 2.27. The van der Waals surface area contributed by atoms with Crippen LogP contribution in [0.15, 0.2) is 18.2 Å². The molecule has 0 aromatic heterocycles. The van der Waals surface area contributed by atoms with Gasteiger partial charge in [0.25, 0.3) is 0 Å². The maximum Gasteiger partial charge on any atom is 0.238 e. The highest BCUT2D eigenvalue weighted by molar-refractivity contribution is 6.32. The minimum absolute atomic E-state index is 0.0128. The van der Waals surface area contributed by atoms with Crippen molar-refractivity contribution in [2.75, 3.05) is 51.7 Å². The molecule has 1 aliphatic rings. The number of benzene rings is 1. The third-order valence-corrected chi connectivity index (χ3v) is 4.01. The van der Waals surface area contributed by atoms with Crippen molar-refractivity contribution < 1.29 is 9.53 Å². The fourth-order valence-electron chi connectivity index (χ4n) is 2.41. The SMILES string of the molecule is CCN1CCN(CC(=O)Nc2ccc(OC)c(Cl)c2)CC1. The van der Waals surface area contributed by atoms with Gasteiger partial charge in [-0.1, -0.05) is 18.5 Å². The number of nitrogens with one attached hydrogen (secondary N) is 1. The van der Waals surface area contributed by atoms with Gasteiger partial charge in [0.15, 0.2) is 0 Å². The Balaban J connectivity index is 1.83. The summed E-state index contributed by atoms with van der Waals surface area (Å²) in [5.74, 6) is 0.589. The van der Waals surface area contributed by atoms with Crippen LogP contribution in [0.3, 0.4) is 0 Å². The van der Waals surface area contributed by atoms with Gasteiger partial charge in [-0.3, -0.25) is 9.69 Å². The van der Waals surface area contributed by atoms with Gasteiger partial charge in [-0.2, -0.15) is 0 Å². The first-order valence-corrected chi connectivity index (χ1v) is 7.58. The Morgan fingerprint density at radius 1 is 1.29 bits per heavy atom. The highest BCUT2D eigenvalue weighted by Gasteiger charge is 2.17. The number of carbonyl (C=O) groups excluding carboxylic acids is 1. The molecule has 6 heteroatoms. The second-order valence-corrected chi connectivity index (χ2v) is 5.52. The van der Waals surface area contributed by atoms with E-state index in [1.165, 1.54) is 0 Å². The van der Waals surface area contributed by atoms with E-state index >= 15 is 0 Å². The molecule has 2 rings (SSSR count). The van der Waals surface area contributed by atoms with E-state index in [9.17, 15) is 4.79 Å². The van der Waals surface area contributed by atoms with E-state index in [0.29, 0.717) is 23.0 Å². The minimum Gasteiger partial charge on any atom is -0.495 e. The predicted molar refractivity (Wildman–Crippen MR) is 85.2 cm³/mol. The molecule has 0 saturated carbocycles. The molecule has 1 fully saturated rings. The van der Waals surface area contributed by atoms with Crippen LogP contribution in [0.5, 0.6) is 5.75 Å². The van der Waals surface area contributed by atoms with Crippen molar-refractivity contribution in [1.82, 2.24) is 9.80 Å². The fourth-order valence-corrected chi connectivity index (χ4v) is 2.67. The molecule has 0 atom stereocenters. The molecule has 1 aliphatic heterocycles. The quantitative estimate of drug-likeness (QED) is 0.902. The molecule has 5 nitrogen and oxygen atoms in total. The number of carbonyl (C=O) groups is 1. The molecule has 1 N–H and O–H groups in total. The molecular weight excluding hydrogens is 290 g/mol. The van der Waals surface area contributed by atoms with Crippen LogP contribution in [0.25, 0.3) is 0 Å². The van der Waals surface area contributed by atoms with Gasteiger partial charge in [-0.05, 0) is 24.7 Å². The maximum absolute atomic E-state index is 12.1. The van der Waals surface area contributed by atoms with Crippen LogP contribution in [-0.4, -0.2) is 62.1 Å². The smallest absolute Gasteiger partial charge is 0.238 e. The second kappa shape index (κ2) is 7.64. The molecule has 0 unspecified atom stereocenters. The zero-order valence-corrected chi connectivity index (χ0v) is 13.3. The summed E-state index contributed by atoms with van der Waals surface area (Å²) in [5.41, 5.74) is 0.693. The Hall–Kier alpha value is -1.30. The largest absolute Gasteiger partial charge is 0.495 e. The zero-order chi connectivity index (χ0) is 15.2. The van der Waals surface area contributed by atoms with E-state index < -0.39 is 0 Å². The highest BCUT2D eigenvalue weighted by atomic mass is 35.5. The van der Waals surface area contributed by atoms with Gasteiger partial charge in [0.2, 0.25) is 5.91 Å². The first-order valence-electron chi connectivity index (χ1n) is 7.20. The van der Waals surface area contributed by atoms with Crippen LogP contribution < -0.4 is 10.1 Å². The fraction of sp³-hybridized carbons (Fsp3) is 0.533. The van der Waals surface area contributed by atoms with Crippen molar-refractivity contribution in [3.8, 4) is 5.75 Å². The Morgan fingerprint density at radius 2 is 1.95 bits per heavy atom. The summed E-state index contributed by atoms with van der Waals surface area (Å²) < 4.78 is 5.09. The summed E-state index contributed by atoms with van der Waals surface area (Å²) in [5, 5.41) is 3.36. The van der Waals surface area contributed by atoms with Crippen LogP contribution in [0.4, 0.5) is 5.69 Å². The Bertz CT molecular complexity index is 488. The van der Waals surface area contributed by atoms with E-state index in [0.717, 1.165) is 32.7 Å². The number of ether oxygens (including phenoxy) is 1. The molecule has 116 valence electrons. The molecule has 0 bridgehead atoms. The number of rotatable bonds is 5. The predicted octanol–water partition coefficient (Wildman–Crippen LogP) is 1.92. The van der Waals surface area contributed by atoms with Crippen molar-refractivity contribution in [2.45, 2.75) is 6.92 Å². The average molecular weight is 312 g/mol. The van der Waals surface area contributed by atoms with E-state index in [-0.39, 0.29) is 5.91 Å². The molecule has 1 aromatic rings. The summed E-state index contributed by atoms with van der Waals surface area (Å²) in [6.45, 7) is 7.58. The lowest BCUT2D eigenvalue weighted by atomic mass is 10.3. The summed E-state index contributed by atoms with van der Waals surface area (Å²) in [6.07, 6.45) is 0. The van der Waals surface area contributed by atoms with Crippen molar-refractivity contribution >= 4 is 23.2 Å². The molecular formula is C15H22ClN3O2. The van der Waals surface area contributed by atoms with Gasteiger partial charge in [0.05, 0.1) is 18.7 Å². The van der Waals surface area contributed by atoms with Gasteiger partial charge >= 0.3 is 0 Å². The normalized spacial score (nSPS) is 16.7. The van der Waals surface area contributed by atoms with Crippen LogP contribution in [0.2, 0.25) is 5.02 Å². The van der Waals surface area contributed by atoms with Crippen molar-refractivity contribution in [3.63, 3.8) is 0 Å². The van der Waals surface area contributed by atoms with Gasteiger partial charge in [0.1, 0.15) is 5.75 Å². The van der Waals surface area contributed by atoms with E-state index in [2.05, 4.69) is 22.0 Å². The second-order valence-electron chi connectivity index (χ2n) is 5.11. The number of nitrogens with zero attached hydrogens (tertiary/aromatic N) is 2. The molecule has 1 saturated heterocycles. The first-order chi connectivity index (χ1) is 10.1. The molecule has 1 heterocycles.